The summed E-state index contributed by atoms with van der Waals surface area (Å²) in [5.74, 6) is -1.21. The fourth-order valence-corrected chi connectivity index (χ4v) is 7.02. The Morgan fingerprint density at radius 1 is 1.09 bits per heavy atom. The van der Waals surface area contributed by atoms with E-state index >= 15 is 0 Å². The number of hydrogen-bond donors (Lipinski definition) is 1. The summed E-state index contributed by atoms with van der Waals surface area (Å²) in [6.45, 7) is 1.95. The smallest absolute Gasteiger partial charge is 0.337 e. The van der Waals surface area contributed by atoms with E-state index in [1.807, 2.05) is 31.2 Å². The van der Waals surface area contributed by atoms with Crippen molar-refractivity contribution in [1.82, 2.24) is 10.2 Å². The van der Waals surface area contributed by atoms with Crippen molar-refractivity contribution in [2.45, 2.75) is 35.6 Å². The highest BCUT2D eigenvalue weighted by Gasteiger charge is 2.48. The molecule has 0 spiro atoms. The lowest BCUT2D eigenvalue weighted by molar-refractivity contribution is -0.132. The molecule has 0 saturated carbocycles. The molecule has 1 aromatic heterocycles. The predicted octanol–water partition coefficient (Wildman–Crippen LogP) is 6.22. The average Bonchev–Trinajstić information content (AvgIpc) is 3.71. The summed E-state index contributed by atoms with van der Waals surface area (Å²) in [6, 6.07) is 18.0. The predicted molar refractivity (Wildman–Crippen MR) is 164 cm³/mol. The van der Waals surface area contributed by atoms with E-state index in [1.54, 1.807) is 42.5 Å². The van der Waals surface area contributed by atoms with Gasteiger partial charge in [0, 0.05) is 22.8 Å². The monoisotopic (exact) mass is 633 g/mol. The Kier molecular flexibility index (Phi) is 7.95. The number of ether oxygens (including phenoxy) is 2. The van der Waals surface area contributed by atoms with Crippen molar-refractivity contribution >= 4 is 63.3 Å². The normalized spacial score (nSPS) is 18.9. The van der Waals surface area contributed by atoms with E-state index in [9.17, 15) is 19.5 Å². The number of esters is 1. The van der Waals surface area contributed by atoms with Gasteiger partial charge in [-0.05, 0) is 66.1 Å². The molecule has 12 heteroatoms. The van der Waals surface area contributed by atoms with Gasteiger partial charge in [-0.1, -0.05) is 59.0 Å². The van der Waals surface area contributed by atoms with E-state index in [4.69, 9.17) is 21.1 Å². The summed E-state index contributed by atoms with van der Waals surface area (Å²) in [6.07, 6.45) is 0.653. The molecule has 2 atom stereocenters. The van der Waals surface area contributed by atoms with Gasteiger partial charge in [0.1, 0.15) is 17.6 Å². The summed E-state index contributed by atoms with van der Waals surface area (Å²) < 4.78 is 11.2. The van der Waals surface area contributed by atoms with Crippen LogP contribution in [0.15, 0.2) is 76.6 Å². The second-order valence-corrected chi connectivity index (χ2v) is 12.6. The molecule has 2 aliphatic rings. The third-order valence-electron chi connectivity index (χ3n) is 7.14. The number of halogens is 1. The molecular formula is C31H24ClN3O6S2. The molecule has 2 aliphatic heterocycles. The highest BCUT2D eigenvalue weighted by molar-refractivity contribution is 8.00. The van der Waals surface area contributed by atoms with Gasteiger partial charge in [0.2, 0.25) is 5.13 Å². The fraction of sp³-hybridized carbons (Fsp3) is 0.194. The second kappa shape index (κ2) is 11.8. The number of nitrogens with zero attached hydrogens (tertiary/aromatic N) is 3. The van der Waals surface area contributed by atoms with E-state index in [0.717, 1.165) is 16.9 Å². The Bertz CT molecular complexity index is 1770. The molecular weight excluding hydrogens is 610 g/mol. The van der Waals surface area contributed by atoms with Crippen LogP contribution in [-0.2, 0) is 26.5 Å². The number of fused-ring (bicyclic) bond motifs is 1. The number of hydrogen-bond acceptors (Lipinski definition) is 10. The number of carbonyl (C=O) groups is 3. The molecule has 43 heavy (non-hydrogen) atoms. The average molecular weight is 634 g/mol. The quantitative estimate of drug-likeness (QED) is 0.0632. The minimum Gasteiger partial charge on any atom is -0.507 e. The molecule has 1 fully saturated rings. The van der Waals surface area contributed by atoms with Gasteiger partial charge in [0.15, 0.2) is 4.34 Å². The number of aliphatic hydroxyl groups is 1. The second-order valence-electron chi connectivity index (χ2n) is 10.0. The number of benzene rings is 3. The van der Waals surface area contributed by atoms with Crippen LogP contribution in [0.1, 0.15) is 45.6 Å². The first-order chi connectivity index (χ1) is 20.7. The molecule has 1 saturated heterocycles. The highest BCUT2D eigenvalue weighted by atomic mass is 35.5. The molecule has 0 aliphatic carbocycles. The van der Waals surface area contributed by atoms with E-state index in [1.165, 1.54) is 35.1 Å². The number of ketones is 1. The van der Waals surface area contributed by atoms with Gasteiger partial charge >= 0.3 is 11.9 Å². The summed E-state index contributed by atoms with van der Waals surface area (Å²) in [4.78, 5) is 40.5. The van der Waals surface area contributed by atoms with Crippen molar-refractivity contribution in [2.75, 3.05) is 12.0 Å². The molecule has 9 nitrogen and oxygen atoms in total. The van der Waals surface area contributed by atoms with Gasteiger partial charge in [-0.15, -0.1) is 10.2 Å². The number of thioether (sulfide) groups is 1. The zero-order chi connectivity index (χ0) is 30.2. The third-order valence-corrected chi connectivity index (χ3v) is 9.52. The lowest BCUT2D eigenvalue weighted by Crippen LogP contribution is -2.29. The maximum Gasteiger partial charge on any atom is 0.337 e. The summed E-state index contributed by atoms with van der Waals surface area (Å²) in [5, 5.41) is 20.9. The Hall–Kier alpha value is -4.19. The van der Waals surface area contributed by atoms with Gasteiger partial charge < -0.3 is 14.6 Å². The highest BCUT2D eigenvalue weighted by Crippen LogP contribution is 2.44. The number of rotatable bonds is 7. The zero-order valence-corrected chi connectivity index (χ0v) is 25.3. The summed E-state index contributed by atoms with van der Waals surface area (Å²) >= 11 is 8.59. The first kappa shape index (κ1) is 28.9. The SMILES string of the molecule is COC(=O)c1ccc(C2/C(=C(/O)c3ccc4c(c3)CC(C)O4)C(=O)C(=O)N2c2nnc(SCc3ccc(Cl)cc3)s2)cc1. The first-order valence-electron chi connectivity index (χ1n) is 13.2. The van der Waals surface area contributed by atoms with Crippen molar-refractivity contribution in [1.29, 1.82) is 0 Å². The molecule has 1 amide bonds. The van der Waals surface area contributed by atoms with Crippen LogP contribution in [0.5, 0.6) is 5.75 Å². The van der Waals surface area contributed by atoms with E-state index < -0.39 is 23.7 Å². The van der Waals surface area contributed by atoms with Gasteiger partial charge in [0.05, 0.1) is 24.3 Å². The molecule has 1 N–H and O–H groups in total. The molecule has 218 valence electrons. The standard InChI is InChI=1S/C31H24ClN3O6S2/c1-16-13-21-14-20(9-12-23(21)41-16)26(36)24-25(18-5-7-19(8-6-18)29(39)40-2)35(28(38)27(24)37)30-33-34-31(43-30)42-15-17-3-10-22(32)11-4-17/h3-12,14,16,25,36H,13,15H2,1-2H3/b26-24-. The van der Waals surface area contributed by atoms with Gasteiger partial charge in [-0.25, -0.2) is 4.79 Å². The Balaban J connectivity index is 1.39. The molecule has 3 aromatic carbocycles. The van der Waals surface area contributed by atoms with Crippen LogP contribution >= 0.6 is 34.7 Å². The molecule has 0 radical (unpaired) electrons. The Morgan fingerprint density at radius 2 is 1.81 bits per heavy atom. The lowest BCUT2D eigenvalue weighted by Gasteiger charge is -2.22. The van der Waals surface area contributed by atoms with E-state index in [-0.39, 0.29) is 22.6 Å². The minimum atomic E-state index is -1.02. The number of anilines is 1. The molecule has 6 rings (SSSR count). The number of methoxy groups -OCH3 is 1. The Labute approximate surface area is 260 Å². The molecule has 2 unspecified atom stereocenters. The zero-order valence-electron chi connectivity index (χ0n) is 22.9. The topological polar surface area (TPSA) is 119 Å². The number of Topliss-reactive ketones (excluding diaryl/α,β-unsaturated/α-hetero) is 1. The van der Waals surface area contributed by atoms with Crippen LogP contribution in [0.3, 0.4) is 0 Å². The van der Waals surface area contributed by atoms with Crippen LogP contribution in [0.2, 0.25) is 5.02 Å². The Morgan fingerprint density at radius 3 is 2.53 bits per heavy atom. The maximum atomic E-state index is 13.6. The number of amides is 1. The number of aliphatic hydroxyl groups excluding tert-OH is 1. The summed E-state index contributed by atoms with van der Waals surface area (Å²) in [7, 11) is 1.28. The van der Waals surface area contributed by atoms with Crippen LogP contribution in [-0.4, -0.2) is 46.2 Å². The minimum absolute atomic E-state index is 0.00420. The maximum absolute atomic E-state index is 13.6. The molecule has 0 bridgehead atoms. The van der Waals surface area contributed by atoms with Crippen molar-refractivity contribution in [3.05, 3.63) is 105 Å². The third kappa shape index (κ3) is 5.63. The fourth-order valence-electron chi connectivity index (χ4n) is 5.07. The summed E-state index contributed by atoms with van der Waals surface area (Å²) in [5.41, 5.74) is 3.03. The van der Waals surface area contributed by atoms with Crippen molar-refractivity contribution < 1.29 is 29.0 Å². The number of carbonyl (C=O) groups excluding carboxylic acids is 3. The van der Waals surface area contributed by atoms with Gasteiger partial charge in [-0.2, -0.15) is 0 Å². The lowest BCUT2D eigenvalue weighted by atomic mass is 9.94. The number of aromatic nitrogens is 2. The van der Waals surface area contributed by atoms with Crippen molar-refractivity contribution in [2.24, 2.45) is 0 Å². The van der Waals surface area contributed by atoms with Crippen LogP contribution < -0.4 is 9.64 Å². The van der Waals surface area contributed by atoms with Crippen molar-refractivity contribution in [3.8, 4) is 5.75 Å². The largest absolute Gasteiger partial charge is 0.507 e. The van der Waals surface area contributed by atoms with Crippen molar-refractivity contribution in [3.63, 3.8) is 0 Å². The van der Waals surface area contributed by atoms with Crippen LogP contribution in [0, 0.1) is 0 Å². The molecule has 3 heterocycles. The van der Waals surface area contributed by atoms with E-state index in [2.05, 4.69) is 10.2 Å². The first-order valence-corrected chi connectivity index (χ1v) is 15.4. The molecule has 4 aromatic rings. The van der Waals surface area contributed by atoms with Gasteiger partial charge in [0.25, 0.3) is 5.78 Å². The van der Waals surface area contributed by atoms with Gasteiger partial charge in [-0.3, -0.25) is 14.5 Å². The van der Waals surface area contributed by atoms with E-state index in [0.29, 0.717) is 38.2 Å². The van der Waals surface area contributed by atoms with Crippen LogP contribution in [0.25, 0.3) is 5.76 Å². The van der Waals surface area contributed by atoms with Crippen LogP contribution in [0.4, 0.5) is 5.13 Å².